The smallest absolute Gasteiger partial charge is 0.332 e. The molecule has 0 saturated heterocycles. The second-order valence-corrected chi connectivity index (χ2v) is 6.18. The molecule has 24 heavy (non-hydrogen) atoms. The van der Waals surface area contributed by atoms with E-state index in [9.17, 15) is 14.7 Å². The van der Waals surface area contributed by atoms with Crippen molar-refractivity contribution in [1.82, 2.24) is 24.0 Å². The summed E-state index contributed by atoms with van der Waals surface area (Å²) in [6.07, 6.45) is 4.26. The van der Waals surface area contributed by atoms with E-state index in [-0.39, 0.29) is 11.2 Å². The predicted octanol–water partition coefficient (Wildman–Crippen LogP) is -0.0355. The highest BCUT2D eigenvalue weighted by Gasteiger charge is 2.14. The zero-order valence-corrected chi connectivity index (χ0v) is 14.7. The monoisotopic (exact) mass is 337 g/mol. The van der Waals surface area contributed by atoms with Gasteiger partial charge in [0.2, 0.25) is 0 Å². The van der Waals surface area contributed by atoms with Gasteiger partial charge in [0, 0.05) is 27.2 Å². The molecule has 0 aliphatic heterocycles. The third-order valence-electron chi connectivity index (χ3n) is 4.18. The SMILES string of the molecule is CCCNCC(O)CCCCn1c(=O)c2c(ncn2C)n(C)c1=O. The van der Waals surface area contributed by atoms with E-state index in [0.717, 1.165) is 19.4 Å². The van der Waals surface area contributed by atoms with Crippen LogP contribution in [0.3, 0.4) is 0 Å². The number of aliphatic hydroxyl groups excluding tert-OH is 1. The van der Waals surface area contributed by atoms with Crippen molar-refractivity contribution < 1.29 is 5.11 Å². The standard InChI is InChI=1S/C16H27N5O3/c1-4-8-17-10-12(22)7-5-6-9-21-15(23)13-14(18-11-19(13)2)20(3)16(21)24/h11-12,17,22H,4-10H2,1-3H3. The summed E-state index contributed by atoms with van der Waals surface area (Å²) in [6, 6.07) is 0. The van der Waals surface area contributed by atoms with Gasteiger partial charge in [-0.15, -0.1) is 0 Å². The first-order valence-electron chi connectivity index (χ1n) is 8.47. The molecule has 2 aromatic rings. The number of aromatic nitrogens is 4. The van der Waals surface area contributed by atoms with Crippen LogP contribution in [0.25, 0.3) is 11.2 Å². The highest BCUT2D eigenvalue weighted by Crippen LogP contribution is 2.05. The normalized spacial score (nSPS) is 12.8. The fourth-order valence-electron chi connectivity index (χ4n) is 2.79. The Morgan fingerprint density at radius 3 is 2.75 bits per heavy atom. The minimum Gasteiger partial charge on any atom is -0.392 e. The Bertz CT molecular complexity index is 789. The van der Waals surface area contributed by atoms with E-state index in [4.69, 9.17) is 0 Å². The number of unbranched alkanes of at least 4 members (excludes halogenated alkanes) is 1. The van der Waals surface area contributed by atoms with Gasteiger partial charge < -0.3 is 15.0 Å². The van der Waals surface area contributed by atoms with Gasteiger partial charge in [0.1, 0.15) is 0 Å². The number of imidazole rings is 1. The topological polar surface area (TPSA) is 94.1 Å². The van der Waals surface area contributed by atoms with Crippen LogP contribution in [-0.4, -0.2) is 43.0 Å². The van der Waals surface area contributed by atoms with E-state index < -0.39 is 6.10 Å². The fourth-order valence-corrected chi connectivity index (χ4v) is 2.79. The van der Waals surface area contributed by atoms with Gasteiger partial charge in [0.05, 0.1) is 12.4 Å². The molecule has 0 bridgehead atoms. The number of hydrogen-bond acceptors (Lipinski definition) is 5. The minimum absolute atomic E-state index is 0.307. The molecule has 0 amide bonds. The molecule has 0 radical (unpaired) electrons. The largest absolute Gasteiger partial charge is 0.392 e. The number of fused-ring (bicyclic) bond motifs is 1. The lowest BCUT2D eigenvalue weighted by Crippen LogP contribution is -2.39. The van der Waals surface area contributed by atoms with E-state index in [1.54, 1.807) is 18.7 Å². The number of nitrogens with one attached hydrogen (secondary N) is 1. The quantitative estimate of drug-likeness (QED) is 0.627. The first kappa shape index (κ1) is 18.4. The lowest BCUT2D eigenvalue weighted by Gasteiger charge is -2.12. The summed E-state index contributed by atoms with van der Waals surface area (Å²) in [7, 11) is 3.36. The van der Waals surface area contributed by atoms with E-state index in [1.807, 2.05) is 0 Å². The number of nitrogens with zero attached hydrogens (tertiary/aromatic N) is 4. The average Bonchev–Trinajstić information content (AvgIpc) is 2.94. The van der Waals surface area contributed by atoms with Gasteiger partial charge in [-0.05, 0) is 32.2 Å². The molecule has 0 aliphatic carbocycles. The Morgan fingerprint density at radius 2 is 2.04 bits per heavy atom. The molecular weight excluding hydrogens is 310 g/mol. The van der Waals surface area contributed by atoms with Crippen LogP contribution in [0.5, 0.6) is 0 Å². The Kier molecular flexibility index (Phi) is 6.33. The van der Waals surface area contributed by atoms with Crippen molar-refractivity contribution in [2.24, 2.45) is 14.1 Å². The van der Waals surface area contributed by atoms with Crippen LogP contribution in [0, 0.1) is 0 Å². The molecule has 1 unspecified atom stereocenters. The molecule has 0 aliphatic rings. The summed E-state index contributed by atoms with van der Waals surface area (Å²) in [6.45, 7) is 3.90. The van der Waals surface area contributed by atoms with Crippen LogP contribution in [0.4, 0.5) is 0 Å². The van der Waals surface area contributed by atoms with Crippen molar-refractivity contribution in [2.75, 3.05) is 13.1 Å². The van der Waals surface area contributed by atoms with Gasteiger partial charge in [-0.2, -0.15) is 0 Å². The molecule has 2 rings (SSSR count). The maximum absolute atomic E-state index is 12.5. The zero-order chi connectivity index (χ0) is 17.7. The number of aliphatic hydroxyl groups is 1. The zero-order valence-electron chi connectivity index (χ0n) is 14.7. The summed E-state index contributed by atoms with van der Waals surface area (Å²) >= 11 is 0. The first-order chi connectivity index (χ1) is 11.5. The molecule has 0 fully saturated rings. The van der Waals surface area contributed by atoms with E-state index in [2.05, 4.69) is 17.2 Å². The molecule has 8 nitrogen and oxygen atoms in total. The highest BCUT2D eigenvalue weighted by molar-refractivity contribution is 5.69. The van der Waals surface area contributed by atoms with Gasteiger partial charge in [0.15, 0.2) is 11.2 Å². The summed E-state index contributed by atoms with van der Waals surface area (Å²) in [4.78, 5) is 29.0. The van der Waals surface area contributed by atoms with Gasteiger partial charge in [0.25, 0.3) is 5.56 Å². The highest BCUT2D eigenvalue weighted by atomic mass is 16.3. The number of hydrogen-bond donors (Lipinski definition) is 2. The van der Waals surface area contributed by atoms with Crippen LogP contribution in [-0.2, 0) is 20.6 Å². The van der Waals surface area contributed by atoms with Gasteiger partial charge in [-0.3, -0.25) is 13.9 Å². The molecule has 0 aromatic carbocycles. The Labute approximate surface area is 140 Å². The van der Waals surface area contributed by atoms with Crippen molar-refractivity contribution in [3.05, 3.63) is 27.2 Å². The molecular formula is C16H27N5O3. The van der Waals surface area contributed by atoms with Crippen molar-refractivity contribution in [3.8, 4) is 0 Å². The predicted molar refractivity (Wildman–Crippen MR) is 93.2 cm³/mol. The summed E-state index contributed by atoms with van der Waals surface area (Å²) < 4.78 is 4.29. The summed E-state index contributed by atoms with van der Waals surface area (Å²) in [5.41, 5.74) is 0.177. The Balaban J connectivity index is 2.00. The molecule has 134 valence electrons. The lowest BCUT2D eigenvalue weighted by molar-refractivity contribution is 0.158. The van der Waals surface area contributed by atoms with Crippen molar-refractivity contribution in [1.29, 1.82) is 0 Å². The van der Waals surface area contributed by atoms with Crippen molar-refractivity contribution in [2.45, 2.75) is 45.3 Å². The van der Waals surface area contributed by atoms with Gasteiger partial charge in [-0.25, -0.2) is 9.78 Å². The summed E-state index contributed by atoms with van der Waals surface area (Å²) in [5.74, 6) is 0. The average molecular weight is 337 g/mol. The summed E-state index contributed by atoms with van der Waals surface area (Å²) in [5, 5.41) is 13.0. The minimum atomic E-state index is -0.393. The molecule has 2 aromatic heterocycles. The molecule has 2 N–H and O–H groups in total. The molecule has 2 heterocycles. The Hall–Kier alpha value is -1.93. The third-order valence-corrected chi connectivity index (χ3v) is 4.18. The molecule has 0 saturated carbocycles. The van der Waals surface area contributed by atoms with E-state index >= 15 is 0 Å². The Morgan fingerprint density at radius 1 is 1.29 bits per heavy atom. The number of aryl methyl sites for hydroxylation is 2. The van der Waals surface area contributed by atoms with Crippen molar-refractivity contribution in [3.63, 3.8) is 0 Å². The lowest BCUT2D eigenvalue weighted by atomic mass is 10.1. The molecule has 8 heteroatoms. The maximum atomic E-state index is 12.5. The van der Waals surface area contributed by atoms with Crippen LogP contribution in [0.1, 0.15) is 32.6 Å². The van der Waals surface area contributed by atoms with E-state index in [0.29, 0.717) is 37.1 Å². The second kappa shape index (κ2) is 8.25. The van der Waals surface area contributed by atoms with Crippen LogP contribution >= 0.6 is 0 Å². The van der Waals surface area contributed by atoms with Crippen LogP contribution in [0.2, 0.25) is 0 Å². The second-order valence-electron chi connectivity index (χ2n) is 6.18. The molecule has 0 spiro atoms. The first-order valence-corrected chi connectivity index (χ1v) is 8.47. The van der Waals surface area contributed by atoms with Crippen molar-refractivity contribution >= 4 is 11.2 Å². The third kappa shape index (κ3) is 3.93. The van der Waals surface area contributed by atoms with Crippen LogP contribution in [0.15, 0.2) is 15.9 Å². The fraction of sp³-hybridized carbons (Fsp3) is 0.688. The van der Waals surface area contributed by atoms with Gasteiger partial charge in [-0.1, -0.05) is 6.92 Å². The maximum Gasteiger partial charge on any atom is 0.332 e. The van der Waals surface area contributed by atoms with Crippen LogP contribution < -0.4 is 16.6 Å². The number of rotatable bonds is 9. The molecule has 1 atom stereocenters. The van der Waals surface area contributed by atoms with E-state index in [1.165, 1.54) is 15.5 Å². The van der Waals surface area contributed by atoms with Gasteiger partial charge >= 0.3 is 5.69 Å².